The predicted octanol–water partition coefficient (Wildman–Crippen LogP) is 3.75. The summed E-state index contributed by atoms with van der Waals surface area (Å²) in [5.74, 6) is 1.12. The van der Waals surface area contributed by atoms with Gasteiger partial charge in [-0.25, -0.2) is 9.48 Å². The van der Waals surface area contributed by atoms with E-state index >= 15 is 0 Å². The summed E-state index contributed by atoms with van der Waals surface area (Å²) in [7, 11) is 3.43. The van der Waals surface area contributed by atoms with Gasteiger partial charge in [-0.15, -0.1) is 0 Å². The zero-order valence-electron chi connectivity index (χ0n) is 15.8. The molecule has 6 nitrogen and oxygen atoms in total. The first-order valence-corrected chi connectivity index (χ1v) is 9.36. The van der Waals surface area contributed by atoms with Crippen LogP contribution in [0.1, 0.15) is 60.4 Å². The zero-order valence-corrected chi connectivity index (χ0v) is 16.6. The smallest absolute Gasteiger partial charge is 0.337 e. The van der Waals surface area contributed by atoms with E-state index in [1.54, 1.807) is 12.1 Å². The van der Waals surface area contributed by atoms with E-state index in [4.69, 9.17) is 22.1 Å². The topological polar surface area (TPSA) is 52.3 Å². The van der Waals surface area contributed by atoms with E-state index in [-0.39, 0.29) is 5.97 Å². The Kier molecular flexibility index (Phi) is 5.58. The van der Waals surface area contributed by atoms with Gasteiger partial charge in [0, 0.05) is 18.5 Å². The quantitative estimate of drug-likeness (QED) is 0.546. The van der Waals surface area contributed by atoms with Gasteiger partial charge in [-0.1, -0.05) is 26.0 Å². The first-order chi connectivity index (χ1) is 12.4. The number of ether oxygens (including phenoxy) is 1. The van der Waals surface area contributed by atoms with Gasteiger partial charge in [-0.05, 0) is 49.8 Å². The van der Waals surface area contributed by atoms with Gasteiger partial charge in [0.2, 0.25) is 0 Å². The van der Waals surface area contributed by atoms with Crippen molar-refractivity contribution in [3.63, 3.8) is 0 Å². The third-order valence-corrected chi connectivity index (χ3v) is 4.94. The van der Waals surface area contributed by atoms with E-state index in [0.29, 0.717) is 24.2 Å². The van der Waals surface area contributed by atoms with Crippen molar-refractivity contribution in [1.29, 1.82) is 0 Å². The van der Waals surface area contributed by atoms with Crippen LogP contribution >= 0.6 is 12.2 Å². The van der Waals surface area contributed by atoms with Gasteiger partial charge in [0.15, 0.2) is 4.77 Å². The third kappa shape index (κ3) is 4.04. The molecule has 0 atom stereocenters. The van der Waals surface area contributed by atoms with Crippen LogP contribution in [0.2, 0.25) is 0 Å². The van der Waals surface area contributed by atoms with Crippen molar-refractivity contribution in [1.82, 2.24) is 19.2 Å². The van der Waals surface area contributed by atoms with E-state index < -0.39 is 0 Å². The number of esters is 1. The fourth-order valence-electron chi connectivity index (χ4n) is 3.05. The Balaban J connectivity index is 1.70. The Morgan fingerprint density at radius 2 is 2.00 bits per heavy atom. The highest BCUT2D eigenvalue weighted by molar-refractivity contribution is 7.71. The largest absolute Gasteiger partial charge is 0.465 e. The summed E-state index contributed by atoms with van der Waals surface area (Å²) in [6.07, 6.45) is 2.39. The van der Waals surface area contributed by atoms with Crippen molar-refractivity contribution in [3.05, 3.63) is 46.0 Å². The lowest BCUT2D eigenvalue weighted by Crippen LogP contribution is -2.22. The Bertz CT molecular complexity index is 834. The molecule has 140 valence electrons. The number of aromatic nitrogens is 3. The van der Waals surface area contributed by atoms with E-state index in [9.17, 15) is 4.79 Å². The van der Waals surface area contributed by atoms with Gasteiger partial charge in [-0.2, -0.15) is 5.10 Å². The van der Waals surface area contributed by atoms with Crippen molar-refractivity contribution in [3.8, 4) is 0 Å². The molecular formula is C19H26N4O2S. The average molecular weight is 375 g/mol. The molecule has 1 saturated carbocycles. The number of methoxy groups -OCH3 is 1. The highest BCUT2D eigenvalue weighted by Gasteiger charge is 2.29. The standard InChI is InChI=1S/C19H26N4O2S/c1-13(2)17-20-22(19(26)23(17)16-9-10-16)12-21(3)11-14-5-7-15(8-6-14)18(24)25-4/h5-8,13,16H,9-12H2,1-4H3. The number of nitrogens with zero attached hydrogens (tertiary/aromatic N) is 4. The molecule has 7 heteroatoms. The maximum atomic E-state index is 11.5. The highest BCUT2D eigenvalue weighted by Crippen LogP contribution is 2.37. The van der Waals surface area contributed by atoms with Crippen LogP contribution in [0.25, 0.3) is 0 Å². The lowest BCUT2D eigenvalue weighted by molar-refractivity contribution is 0.0600. The highest BCUT2D eigenvalue weighted by atomic mass is 32.1. The van der Waals surface area contributed by atoms with E-state index in [0.717, 1.165) is 22.7 Å². The number of hydrogen-bond acceptors (Lipinski definition) is 5. The Hall–Kier alpha value is -1.99. The number of carbonyl (C=O) groups excluding carboxylic acids is 1. The monoisotopic (exact) mass is 374 g/mol. The minimum Gasteiger partial charge on any atom is -0.465 e. The molecule has 0 radical (unpaired) electrons. The number of benzene rings is 1. The zero-order chi connectivity index (χ0) is 18.8. The van der Waals surface area contributed by atoms with Gasteiger partial charge in [-0.3, -0.25) is 4.90 Å². The fraction of sp³-hybridized carbons (Fsp3) is 0.526. The number of hydrogen-bond donors (Lipinski definition) is 0. The lowest BCUT2D eigenvalue weighted by atomic mass is 10.1. The summed E-state index contributed by atoms with van der Waals surface area (Å²) in [5.41, 5.74) is 1.68. The fourth-order valence-corrected chi connectivity index (χ4v) is 3.39. The van der Waals surface area contributed by atoms with Gasteiger partial charge in [0.25, 0.3) is 0 Å². The molecule has 3 rings (SSSR count). The molecule has 0 unspecified atom stereocenters. The van der Waals surface area contributed by atoms with Crippen LogP contribution in [0.15, 0.2) is 24.3 Å². The average Bonchev–Trinajstić information content (AvgIpc) is 3.40. The second-order valence-electron chi connectivity index (χ2n) is 7.24. The maximum Gasteiger partial charge on any atom is 0.337 e. The summed E-state index contributed by atoms with van der Waals surface area (Å²) in [4.78, 5) is 13.7. The van der Waals surface area contributed by atoms with Gasteiger partial charge < -0.3 is 9.30 Å². The predicted molar refractivity (Wildman–Crippen MR) is 103 cm³/mol. The Morgan fingerprint density at radius 1 is 1.35 bits per heavy atom. The Labute approximate surface area is 159 Å². The van der Waals surface area contributed by atoms with E-state index in [1.165, 1.54) is 20.0 Å². The minimum absolute atomic E-state index is 0.317. The molecule has 1 aromatic heterocycles. The van der Waals surface area contributed by atoms with Crippen LogP contribution in [0.5, 0.6) is 0 Å². The van der Waals surface area contributed by atoms with Crippen molar-refractivity contribution in [2.75, 3.05) is 14.2 Å². The molecule has 0 saturated heterocycles. The molecule has 0 spiro atoms. The Morgan fingerprint density at radius 3 is 2.54 bits per heavy atom. The molecular weight excluding hydrogens is 348 g/mol. The molecule has 1 fully saturated rings. The molecule has 0 N–H and O–H groups in total. The van der Waals surface area contributed by atoms with Gasteiger partial charge in [0.1, 0.15) is 5.82 Å². The van der Waals surface area contributed by atoms with Crippen LogP contribution in [0.3, 0.4) is 0 Å². The van der Waals surface area contributed by atoms with E-state index in [2.05, 4.69) is 23.3 Å². The van der Waals surface area contributed by atoms with Crippen molar-refractivity contribution < 1.29 is 9.53 Å². The lowest BCUT2D eigenvalue weighted by Gasteiger charge is -2.16. The van der Waals surface area contributed by atoms with Gasteiger partial charge in [0.05, 0.1) is 19.3 Å². The molecule has 0 amide bonds. The summed E-state index contributed by atoms with van der Waals surface area (Å²) in [6, 6.07) is 8.01. The molecule has 1 aromatic carbocycles. The maximum absolute atomic E-state index is 11.5. The molecule has 0 aliphatic heterocycles. The second kappa shape index (κ2) is 7.72. The molecule has 1 aliphatic carbocycles. The third-order valence-electron chi connectivity index (χ3n) is 4.53. The van der Waals surface area contributed by atoms with Gasteiger partial charge >= 0.3 is 5.97 Å². The molecule has 0 bridgehead atoms. The summed E-state index contributed by atoms with van der Waals surface area (Å²) in [5, 5.41) is 4.77. The van der Waals surface area contributed by atoms with Crippen LogP contribution in [-0.4, -0.2) is 39.4 Å². The van der Waals surface area contributed by atoms with Crippen molar-refractivity contribution in [2.24, 2.45) is 0 Å². The SMILES string of the molecule is COC(=O)c1ccc(CN(C)Cn2nc(C(C)C)n(C3CC3)c2=S)cc1. The molecule has 1 aliphatic rings. The summed E-state index contributed by atoms with van der Waals surface area (Å²) in [6.45, 7) is 5.70. The summed E-state index contributed by atoms with van der Waals surface area (Å²) >= 11 is 5.68. The number of rotatable bonds is 7. The minimum atomic E-state index is -0.317. The molecule has 2 aromatic rings. The second-order valence-corrected chi connectivity index (χ2v) is 7.61. The van der Waals surface area contributed by atoms with Crippen LogP contribution in [0, 0.1) is 4.77 Å². The van der Waals surface area contributed by atoms with Crippen LogP contribution < -0.4 is 0 Å². The molecule has 26 heavy (non-hydrogen) atoms. The molecule has 1 heterocycles. The number of carbonyl (C=O) groups is 1. The normalized spacial score (nSPS) is 14.2. The van der Waals surface area contributed by atoms with Crippen molar-refractivity contribution >= 4 is 18.2 Å². The first-order valence-electron chi connectivity index (χ1n) is 8.95. The first kappa shape index (κ1) is 18.8. The van der Waals surface area contributed by atoms with E-state index in [1.807, 2.05) is 23.9 Å². The van der Waals surface area contributed by atoms with Crippen LogP contribution in [-0.2, 0) is 18.0 Å². The van der Waals surface area contributed by atoms with Crippen molar-refractivity contribution in [2.45, 2.75) is 51.9 Å². The summed E-state index contributed by atoms with van der Waals surface area (Å²) < 4.78 is 9.70. The van der Waals surface area contributed by atoms with Crippen LogP contribution in [0.4, 0.5) is 0 Å².